The molecule has 136 valence electrons. The van der Waals surface area contributed by atoms with E-state index in [4.69, 9.17) is 16.3 Å². The smallest absolute Gasteiger partial charge is 0.407 e. The van der Waals surface area contributed by atoms with Gasteiger partial charge in [-0.1, -0.05) is 54.1 Å². The van der Waals surface area contributed by atoms with E-state index in [9.17, 15) is 9.59 Å². The molecule has 0 aromatic heterocycles. The number of benzene rings is 2. The molecule has 1 fully saturated rings. The van der Waals surface area contributed by atoms with Crippen LogP contribution in [0.2, 0.25) is 5.02 Å². The van der Waals surface area contributed by atoms with Gasteiger partial charge in [0.15, 0.2) is 0 Å². The topological polar surface area (TPSA) is 55.4 Å². The second kappa shape index (κ2) is 8.37. The van der Waals surface area contributed by atoms with Gasteiger partial charge in [-0.3, -0.25) is 4.79 Å². The summed E-state index contributed by atoms with van der Waals surface area (Å²) in [6.07, 6.45) is 1.99. The number of amides is 1. The van der Waals surface area contributed by atoms with Gasteiger partial charge in [-0.2, -0.15) is 0 Å². The van der Waals surface area contributed by atoms with Crippen LogP contribution in [-0.4, -0.2) is 18.4 Å². The van der Waals surface area contributed by atoms with E-state index in [-0.39, 0.29) is 17.8 Å². The van der Waals surface area contributed by atoms with Crippen LogP contribution in [0.15, 0.2) is 54.6 Å². The Morgan fingerprint density at radius 1 is 1.08 bits per heavy atom. The fraction of sp³-hybridized carbons (Fsp3) is 0.333. The molecule has 5 heteroatoms. The predicted molar refractivity (Wildman–Crippen MR) is 101 cm³/mol. The largest absolute Gasteiger partial charge is 0.445 e. The van der Waals surface area contributed by atoms with Gasteiger partial charge >= 0.3 is 6.09 Å². The molecular weight excluding hydrogens is 350 g/mol. The minimum absolute atomic E-state index is 0.231. The third kappa shape index (κ3) is 4.64. The average Bonchev–Trinajstić information content (AvgIpc) is 2.67. The van der Waals surface area contributed by atoms with Crippen LogP contribution in [0.3, 0.4) is 0 Å². The highest BCUT2D eigenvalue weighted by molar-refractivity contribution is 6.30. The number of carbonyl (C=O) groups excluding carboxylic acids is 2. The van der Waals surface area contributed by atoms with E-state index in [2.05, 4.69) is 5.32 Å². The van der Waals surface area contributed by atoms with Crippen molar-refractivity contribution in [1.82, 2.24) is 5.32 Å². The molecule has 1 aliphatic carbocycles. The molecule has 1 N–H and O–H groups in total. The number of alkyl carbamates (subject to hydrolysis) is 1. The Bertz CT molecular complexity index is 766. The highest BCUT2D eigenvalue weighted by Crippen LogP contribution is 2.38. The Balaban J connectivity index is 1.64. The van der Waals surface area contributed by atoms with Crippen molar-refractivity contribution in [2.24, 2.45) is 0 Å². The minimum Gasteiger partial charge on any atom is -0.445 e. The molecule has 26 heavy (non-hydrogen) atoms. The van der Waals surface area contributed by atoms with E-state index in [0.717, 1.165) is 11.1 Å². The standard InChI is InChI=1S/C21H22ClNO3/c22-18-8-4-7-17(13-18)21(11-9-19(24)10-12-21)15-23-20(25)26-14-16-5-2-1-3-6-16/h1-8,13H,9-12,14-15H2,(H,23,25). The Labute approximate surface area is 158 Å². The zero-order valence-corrected chi connectivity index (χ0v) is 15.3. The van der Waals surface area contributed by atoms with Gasteiger partial charge < -0.3 is 10.1 Å². The third-order valence-corrected chi connectivity index (χ3v) is 5.22. The summed E-state index contributed by atoms with van der Waals surface area (Å²) in [5, 5.41) is 3.54. The third-order valence-electron chi connectivity index (χ3n) is 4.99. The number of carbonyl (C=O) groups is 2. The summed E-state index contributed by atoms with van der Waals surface area (Å²) in [6.45, 7) is 0.656. The molecular formula is C21H22ClNO3. The number of ketones is 1. The minimum atomic E-state index is -0.452. The van der Waals surface area contributed by atoms with Crippen LogP contribution in [0.1, 0.15) is 36.8 Å². The van der Waals surface area contributed by atoms with Gasteiger partial charge in [0.1, 0.15) is 12.4 Å². The fourth-order valence-electron chi connectivity index (χ4n) is 3.41. The summed E-state index contributed by atoms with van der Waals surface area (Å²) in [5.41, 5.74) is 1.71. The number of halogens is 1. The maximum Gasteiger partial charge on any atom is 0.407 e. The van der Waals surface area contributed by atoms with Crippen molar-refractivity contribution in [3.8, 4) is 0 Å². The van der Waals surface area contributed by atoms with Crippen LogP contribution in [0, 0.1) is 0 Å². The molecule has 2 aromatic carbocycles. The molecule has 4 nitrogen and oxygen atoms in total. The lowest BCUT2D eigenvalue weighted by molar-refractivity contribution is -0.121. The highest BCUT2D eigenvalue weighted by atomic mass is 35.5. The molecule has 3 rings (SSSR count). The van der Waals surface area contributed by atoms with Crippen LogP contribution in [0.5, 0.6) is 0 Å². The van der Waals surface area contributed by atoms with Crippen LogP contribution >= 0.6 is 11.6 Å². The molecule has 0 spiro atoms. The Morgan fingerprint density at radius 3 is 2.50 bits per heavy atom. The van der Waals surface area contributed by atoms with Gasteiger partial charge in [0, 0.05) is 29.8 Å². The van der Waals surface area contributed by atoms with Gasteiger partial charge in [-0.05, 0) is 36.1 Å². The van der Waals surface area contributed by atoms with Crippen LogP contribution < -0.4 is 5.32 Å². The van der Waals surface area contributed by atoms with Crippen molar-refractivity contribution in [3.05, 3.63) is 70.7 Å². The van der Waals surface area contributed by atoms with Crippen molar-refractivity contribution in [3.63, 3.8) is 0 Å². The van der Waals surface area contributed by atoms with Gasteiger partial charge in [0.25, 0.3) is 0 Å². The molecule has 0 radical (unpaired) electrons. The first-order chi connectivity index (χ1) is 12.6. The van der Waals surface area contributed by atoms with Gasteiger partial charge in [0.05, 0.1) is 0 Å². The summed E-state index contributed by atoms with van der Waals surface area (Å²) in [4.78, 5) is 23.8. The molecule has 0 aliphatic heterocycles. The van der Waals surface area contributed by atoms with E-state index >= 15 is 0 Å². The molecule has 1 amide bonds. The van der Waals surface area contributed by atoms with Crippen LogP contribution in [0.4, 0.5) is 4.79 Å². The van der Waals surface area contributed by atoms with Crippen molar-refractivity contribution in [2.45, 2.75) is 37.7 Å². The summed E-state index contributed by atoms with van der Waals surface area (Å²) in [6, 6.07) is 17.2. The Kier molecular flexibility index (Phi) is 5.94. The zero-order chi connectivity index (χ0) is 18.4. The van der Waals surface area contributed by atoms with Crippen molar-refractivity contribution < 1.29 is 14.3 Å². The first kappa shape index (κ1) is 18.5. The van der Waals surface area contributed by atoms with Crippen molar-refractivity contribution >= 4 is 23.5 Å². The number of Topliss-reactive ketones (excluding diaryl/α,β-unsaturated/α-hetero) is 1. The number of ether oxygens (including phenoxy) is 1. The van der Waals surface area contributed by atoms with Gasteiger partial charge in [-0.25, -0.2) is 4.79 Å². The molecule has 0 bridgehead atoms. The number of hydrogen-bond donors (Lipinski definition) is 1. The SMILES string of the molecule is O=C1CCC(CNC(=O)OCc2ccccc2)(c2cccc(Cl)c2)CC1. The Hall–Kier alpha value is -2.33. The van der Waals surface area contributed by atoms with Crippen LogP contribution in [0.25, 0.3) is 0 Å². The lowest BCUT2D eigenvalue weighted by Gasteiger charge is -2.37. The Morgan fingerprint density at radius 2 is 1.81 bits per heavy atom. The van der Waals surface area contributed by atoms with Crippen molar-refractivity contribution in [1.29, 1.82) is 0 Å². The summed E-state index contributed by atoms with van der Waals surface area (Å²) >= 11 is 6.16. The van der Waals surface area contributed by atoms with Gasteiger partial charge in [0.2, 0.25) is 0 Å². The summed E-state index contributed by atoms with van der Waals surface area (Å²) < 4.78 is 5.30. The molecule has 2 aromatic rings. The molecule has 1 aliphatic rings. The van der Waals surface area contributed by atoms with E-state index in [1.54, 1.807) is 0 Å². The first-order valence-electron chi connectivity index (χ1n) is 8.80. The lowest BCUT2D eigenvalue weighted by Crippen LogP contribution is -2.43. The van der Waals surface area contributed by atoms with E-state index in [1.165, 1.54) is 0 Å². The molecule has 0 unspecified atom stereocenters. The van der Waals surface area contributed by atoms with Gasteiger partial charge in [-0.15, -0.1) is 0 Å². The monoisotopic (exact) mass is 371 g/mol. The number of hydrogen-bond acceptors (Lipinski definition) is 3. The van der Waals surface area contributed by atoms with E-state index in [1.807, 2.05) is 54.6 Å². The second-order valence-electron chi connectivity index (χ2n) is 6.74. The molecule has 0 atom stereocenters. The predicted octanol–water partition coefficient (Wildman–Crippen LogP) is 4.65. The molecule has 0 saturated heterocycles. The van der Waals surface area contributed by atoms with Crippen LogP contribution in [-0.2, 0) is 21.6 Å². The maximum absolute atomic E-state index is 12.1. The maximum atomic E-state index is 12.1. The molecule has 1 saturated carbocycles. The quantitative estimate of drug-likeness (QED) is 0.832. The summed E-state index contributed by atoms with van der Waals surface area (Å²) in [7, 11) is 0. The number of rotatable bonds is 5. The highest BCUT2D eigenvalue weighted by Gasteiger charge is 2.37. The lowest BCUT2D eigenvalue weighted by atomic mass is 9.69. The molecule has 0 heterocycles. The second-order valence-corrected chi connectivity index (χ2v) is 7.18. The summed E-state index contributed by atoms with van der Waals surface area (Å²) in [5.74, 6) is 0.273. The normalized spacial score (nSPS) is 16.1. The zero-order valence-electron chi connectivity index (χ0n) is 14.5. The fourth-order valence-corrected chi connectivity index (χ4v) is 3.60. The van der Waals surface area contributed by atoms with Crippen molar-refractivity contribution in [2.75, 3.05) is 6.54 Å². The number of nitrogens with one attached hydrogen (secondary N) is 1. The average molecular weight is 372 g/mol. The van der Waals surface area contributed by atoms with E-state index in [0.29, 0.717) is 37.3 Å². The van der Waals surface area contributed by atoms with E-state index < -0.39 is 6.09 Å². The first-order valence-corrected chi connectivity index (χ1v) is 9.17.